The largest absolute Gasteiger partial charge is 0.435 e. The Hall–Kier alpha value is -2.81. The van der Waals surface area contributed by atoms with Crippen molar-refractivity contribution in [2.24, 2.45) is 5.84 Å². The molecule has 1 heterocycles. The SMILES string of the molecule is NNc1cc([N+](=O)[O-])cc(Oc2cccc(F)c2F)n1. The number of hydrogen-bond acceptors (Lipinski definition) is 6. The van der Waals surface area contributed by atoms with E-state index in [-0.39, 0.29) is 17.4 Å². The number of nitrogens with zero attached hydrogens (tertiary/aromatic N) is 2. The number of benzene rings is 1. The van der Waals surface area contributed by atoms with Gasteiger partial charge in [0.15, 0.2) is 17.4 Å². The van der Waals surface area contributed by atoms with Crippen molar-refractivity contribution in [1.82, 2.24) is 4.98 Å². The maximum absolute atomic E-state index is 13.4. The van der Waals surface area contributed by atoms with Gasteiger partial charge in [0, 0.05) is 0 Å². The highest BCUT2D eigenvalue weighted by atomic mass is 19.2. The van der Waals surface area contributed by atoms with Crippen molar-refractivity contribution in [2.45, 2.75) is 0 Å². The molecule has 7 nitrogen and oxygen atoms in total. The van der Waals surface area contributed by atoms with Crippen LogP contribution < -0.4 is 16.0 Å². The highest BCUT2D eigenvalue weighted by molar-refractivity contribution is 5.48. The summed E-state index contributed by atoms with van der Waals surface area (Å²) in [4.78, 5) is 13.8. The van der Waals surface area contributed by atoms with Crippen molar-refractivity contribution < 1.29 is 18.4 Å². The third-order valence-electron chi connectivity index (χ3n) is 2.28. The minimum Gasteiger partial charge on any atom is -0.435 e. The Labute approximate surface area is 111 Å². The van der Waals surface area contributed by atoms with Crippen LogP contribution in [0.25, 0.3) is 0 Å². The summed E-state index contributed by atoms with van der Waals surface area (Å²) < 4.78 is 31.4. The van der Waals surface area contributed by atoms with Crippen LogP contribution in [0.5, 0.6) is 11.6 Å². The minimum absolute atomic E-state index is 0.0500. The van der Waals surface area contributed by atoms with E-state index in [2.05, 4.69) is 10.4 Å². The van der Waals surface area contributed by atoms with Crippen molar-refractivity contribution in [3.63, 3.8) is 0 Å². The number of aromatic nitrogens is 1. The molecule has 3 N–H and O–H groups in total. The normalized spacial score (nSPS) is 10.2. The molecule has 9 heteroatoms. The standard InChI is InChI=1S/C11H8F2N4O3/c12-7-2-1-3-8(11(7)13)20-10-5-6(17(18)19)4-9(15-10)16-14/h1-5H,14H2,(H,15,16). The Kier molecular flexibility index (Phi) is 3.71. The van der Waals surface area contributed by atoms with E-state index < -0.39 is 22.3 Å². The molecule has 0 aliphatic rings. The lowest BCUT2D eigenvalue weighted by molar-refractivity contribution is -0.384. The topological polar surface area (TPSA) is 103 Å². The fourth-order valence-electron chi connectivity index (χ4n) is 1.40. The van der Waals surface area contributed by atoms with Crippen molar-refractivity contribution in [3.05, 3.63) is 52.1 Å². The van der Waals surface area contributed by atoms with Crippen LogP contribution in [-0.4, -0.2) is 9.91 Å². The summed E-state index contributed by atoms with van der Waals surface area (Å²) in [5.41, 5.74) is 1.75. The fraction of sp³-hybridized carbons (Fsp3) is 0. The Morgan fingerprint density at radius 3 is 2.75 bits per heavy atom. The zero-order chi connectivity index (χ0) is 14.7. The molecular formula is C11H8F2N4O3. The van der Waals surface area contributed by atoms with Crippen molar-refractivity contribution >= 4 is 11.5 Å². The molecule has 2 rings (SSSR count). The molecule has 0 atom stereocenters. The van der Waals surface area contributed by atoms with Gasteiger partial charge in [-0.25, -0.2) is 10.2 Å². The van der Waals surface area contributed by atoms with Crippen LogP contribution in [0.3, 0.4) is 0 Å². The molecule has 104 valence electrons. The molecule has 20 heavy (non-hydrogen) atoms. The van der Waals surface area contributed by atoms with E-state index in [0.717, 1.165) is 24.3 Å². The zero-order valence-corrected chi connectivity index (χ0v) is 9.84. The third-order valence-corrected chi connectivity index (χ3v) is 2.28. The number of nitrogen functional groups attached to an aromatic ring is 1. The van der Waals surface area contributed by atoms with E-state index in [1.807, 2.05) is 0 Å². The highest BCUT2D eigenvalue weighted by Crippen LogP contribution is 2.28. The maximum Gasteiger partial charge on any atom is 0.278 e. The highest BCUT2D eigenvalue weighted by Gasteiger charge is 2.15. The monoisotopic (exact) mass is 282 g/mol. The number of nitro groups is 1. The maximum atomic E-state index is 13.4. The molecule has 1 aromatic heterocycles. The molecule has 0 fully saturated rings. The first-order chi connectivity index (χ1) is 9.51. The van der Waals surface area contributed by atoms with Crippen LogP contribution >= 0.6 is 0 Å². The van der Waals surface area contributed by atoms with Gasteiger partial charge in [0.05, 0.1) is 17.1 Å². The summed E-state index contributed by atoms with van der Waals surface area (Å²) in [7, 11) is 0. The Morgan fingerprint density at radius 2 is 2.10 bits per heavy atom. The smallest absolute Gasteiger partial charge is 0.278 e. The molecule has 0 saturated heterocycles. The van der Waals surface area contributed by atoms with Crippen LogP contribution in [0, 0.1) is 21.7 Å². The molecule has 1 aromatic carbocycles. The molecule has 0 saturated carbocycles. The lowest BCUT2D eigenvalue weighted by Crippen LogP contribution is -2.09. The first-order valence-corrected chi connectivity index (χ1v) is 5.26. The summed E-state index contributed by atoms with van der Waals surface area (Å²) in [5, 5.41) is 10.7. The van der Waals surface area contributed by atoms with Crippen molar-refractivity contribution in [1.29, 1.82) is 0 Å². The van der Waals surface area contributed by atoms with Gasteiger partial charge in [-0.1, -0.05) is 6.07 Å². The molecule has 2 aromatic rings. The molecule has 0 aliphatic carbocycles. The average Bonchev–Trinajstić information content (AvgIpc) is 2.43. The van der Waals surface area contributed by atoms with Gasteiger partial charge in [-0.2, -0.15) is 9.37 Å². The second kappa shape index (κ2) is 5.45. The van der Waals surface area contributed by atoms with Crippen LogP contribution in [0.15, 0.2) is 30.3 Å². The molecule has 0 amide bonds. The van der Waals surface area contributed by atoms with Gasteiger partial charge in [-0.05, 0) is 12.1 Å². The van der Waals surface area contributed by atoms with Gasteiger partial charge in [0.25, 0.3) is 5.69 Å². The number of pyridine rings is 1. The van der Waals surface area contributed by atoms with Crippen LogP contribution in [0.2, 0.25) is 0 Å². The number of nitrogens with two attached hydrogens (primary N) is 1. The van der Waals surface area contributed by atoms with Crippen LogP contribution in [-0.2, 0) is 0 Å². The zero-order valence-electron chi connectivity index (χ0n) is 9.84. The molecule has 0 aliphatic heterocycles. The van der Waals surface area contributed by atoms with Gasteiger partial charge < -0.3 is 10.2 Å². The molecule has 0 spiro atoms. The molecular weight excluding hydrogens is 274 g/mol. The number of ether oxygens (including phenoxy) is 1. The fourth-order valence-corrected chi connectivity index (χ4v) is 1.40. The van der Waals surface area contributed by atoms with Gasteiger partial charge in [0.2, 0.25) is 11.7 Å². The van der Waals surface area contributed by atoms with E-state index in [4.69, 9.17) is 10.6 Å². The van der Waals surface area contributed by atoms with E-state index in [1.165, 1.54) is 6.07 Å². The van der Waals surface area contributed by atoms with Crippen LogP contribution in [0.4, 0.5) is 20.3 Å². The van der Waals surface area contributed by atoms with E-state index in [0.29, 0.717) is 0 Å². The number of anilines is 1. The first kappa shape index (κ1) is 13.6. The summed E-state index contributed by atoms with van der Waals surface area (Å²) in [6.45, 7) is 0. The lowest BCUT2D eigenvalue weighted by atomic mass is 10.3. The number of hydrazine groups is 1. The Balaban J connectivity index is 2.40. The predicted octanol–water partition coefficient (Wildman–Crippen LogP) is 2.35. The van der Waals surface area contributed by atoms with Gasteiger partial charge >= 0.3 is 0 Å². The third kappa shape index (κ3) is 2.78. The molecule has 0 unspecified atom stereocenters. The quantitative estimate of drug-likeness (QED) is 0.507. The minimum atomic E-state index is -1.22. The second-order valence-corrected chi connectivity index (χ2v) is 3.60. The van der Waals surface area contributed by atoms with E-state index in [9.17, 15) is 18.9 Å². The van der Waals surface area contributed by atoms with Gasteiger partial charge in [0.1, 0.15) is 0 Å². The second-order valence-electron chi connectivity index (χ2n) is 3.60. The van der Waals surface area contributed by atoms with E-state index in [1.54, 1.807) is 0 Å². The molecule has 0 radical (unpaired) electrons. The number of nitrogens with one attached hydrogen (secondary N) is 1. The van der Waals surface area contributed by atoms with Gasteiger partial charge in [-0.3, -0.25) is 10.1 Å². The van der Waals surface area contributed by atoms with E-state index >= 15 is 0 Å². The number of rotatable bonds is 4. The lowest BCUT2D eigenvalue weighted by Gasteiger charge is -2.07. The number of hydrogen-bond donors (Lipinski definition) is 2. The average molecular weight is 282 g/mol. The predicted molar refractivity (Wildman–Crippen MR) is 65.1 cm³/mol. The number of halogens is 2. The van der Waals surface area contributed by atoms with Crippen LogP contribution in [0.1, 0.15) is 0 Å². The Bertz CT molecular complexity index is 666. The summed E-state index contributed by atoms with van der Waals surface area (Å²) >= 11 is 0. The van der Waals surface area contributed by atoms with Crippen molar-refractivity contribution in [2.75, 3.05) is 5.43 Å². The summed E-state index contributed by atoms with van der Waals surface area (Å²) in [6, 6.07) is 5.33. The Morgan fingerprint density at radius 1 is 1.35 bits per heavy atom. The first-order valence-electron chi connectivity index (χ1n) is 5.26. The molecule has 0 bridgehead atoms. The summed E-state index contributed by atoms with van der Waals surface area (Å²) in [6.07, 6.45) is 0. The van der Waals surface area contributed by atoms with Crippen molar-refractivity contribution in [3.8, 4) is 11.6 Å². The summed E-state index contributed by atoms with van der Waals surface area (Å²) in [5.74, 6) is 2.00. The van der Waals surface area contributed by atoms with Gasteiger partial charge in [-0.15, -0.1) is 0 Å².